The maximum absolute atomic E-state index is 13.5. The van der Waals surface area contributed by atoms with Gasteiger partial charge in [-0.15, -0.1) is 0 Å². The van der Waals surface area contributed by atoms with E-state index in [9.17, 15) is 14.4 Å². The number of hydrogen-bond acceptors (Lipinski definition) is 6. The molecular formula is C21H21BFN5O2. The number of nitrogens with one attached hydrogen (secondary N) is 1. The highest BCUT2D eigenvalue weighted by Crippen LogP contribution is 2.25. The molecule has 4 aromatic rings. The second-order valence-corrected chi connectivity index (χ2v) is 7.01. The standard InChI is InChI=1S/C21H21BFN5O2/c1-13-8-17-15(10-24)5-3-7-19(17)28(13)21-26-12-18(22(29)30)20(27-21)25-11-14-4-2-6-16(23)9-14/h2-9,12,29-30H,10-11,24H2,1H3,(H,25,26,27). The van der Waals surface area contributed by atoms with E-state index in [0.717, 1.165) is 22.2 Å². The van der Waals surface area contributed by atoms with Gasteiger partial charge in [0, 0.05) is 35.8 Å². The molecule has 2 aromatic heterocycles. The third kappa shape index (κ3) is 3.78. The van der Waals surface area contributed by atoms with Crippen LogP contribution in [0, 0.1) is 12.7 Å². The lowest BCUT2D eigenvalue weighted by Crippen LogP contribution is -2.34. The van der Waals surface area contributed by atoms with Crippen molar-refractivity contribution < 1.29 is 14.4 Å². The summed E-state index contributed by atoms with van der Waals surface area (Å²) in [4.78, 5) is 8.88. The lowest BCUT2D eigenvalue weighted by molar-refractivity contribution is 0.425. The van der Waals surface area contributed by atoms with Gasteiger partial charge in [-0.05, 0) is 42.3 Å². The van der Waals surface area contributed by atoms with Gasteiger partial charge in [-0.25, -0.2) is 9.37 Å². The van der Waals surface area contributed by atoms with Crippen molar-refractivity contribution in [1.29, 1.82) is 0 Å². The van der Waals surface area contributed by atoms with Crippen molar-refractivity contribution in [2.24, 2.45) is 5.73 Å². The summed E-state index contributed by atoms with van der Waals surface area (Å²) in [7, 11) is -1.75. The maximum atomic E-state index is 13.5. The molecule has 0 unspecified atom stereocenters. The van der Waals surface area contributed by atoms with E-state index in [1.54, 1.807) is 12.1 Å². The molecule has 5 N–H and O–H groups in total. The summed E-state index contributed by atoms with van der Waals surface area (Å²) in [6.45, 7) is 2.62. The molecule has 0 bridgehead atoms. The van der Waals surface area contributed by atoms with Crippen LogP contribution in [0.5, 0.6) is 0 Å². The van der Waals surface area contributed by atoms with Crippen LogP contribution in [-0.2, 0) is 13.1 Å². The zero-order chi connectivity index (χ0) is 21.3. The predicted octanol–water partition coefficient (Wildman–Crippen LogP) is 1.62. The lowest BCUT2D eigenvalue weighted by atomic mass is 9.81. The van der Waals surface area contributed by atoms with Crippen molar-refractivity contribution in [3.63, 3.8) is 0 Å². The van der Waals surface area contributed by atoms with E-state index in [1.165, 1.54) is 18.3 Å². The Kier molecular flexibility index (Phi) is 5.49. The summed E-state index contributed by atoms with van der Waals surface area (Å²) in [6, 6.07) is 14.0. The largest absolute Gasteiger partial charge is 0.493 e. The average molecular weight is 405 g/mol. The molecule has 30 heavy (non-hydrogen) atoms. The van der Waals surface area contributed by atoms with E-state index in [4.69, 9.17) is 5.73 Å². The van der Waals surface area contributed by atoms with Crippen LogP contribution < -0.4 is 16.5 Å². The summed E-state index contributed by atoms with van der Waals surface area (Å²) in [5.41, 5.74) is 9.53. The van der Waals surface area contributed by atoms with Crippen molar-refractivity contribution in [2.75, 3.05) is 5.32 Å². The van der Waals surface area contributed by atoms with Crippen LogP contribution in [0.15, 0.2) is 54.7 Å². The average Bonchev–Trinajstić information content (AvgIpc) is 3.07. The third-order valence-electron chi connectivity index (χ3n) is 4.97. The number of halogens is 1. The molecule has 0 atom stereocenters. The third-order valence-corrected chi connectivity index (χ3v) is 4.97. The van der Waals surface area contributed by atoms with Gasteiger partial charge in [-0.3, -0.25) is 4.57 Å². The smallest absolute Gasteiger partial charge is 0.423 e. The van der Waals surface area contributed by atoms with Crippen molar-refractivity contribution >= 4 is 29.3 Å². The van der Waals surface area contributed by atoms with Crippen LogP contribution in [0.3, 0.4) is 0 Å². The zero-order valence-corrected chi connectivity index (χ0v) is 16.4. The Labute approximate surface area is 173 Å². The fraction of sp³-hybridized carbons (Fsp3) is 0.143. The highest BCUT2D eigenvalue weighted by Gasteiger charge is 2.20. The van der Waals surface area contributed by atoms with E-state index in [2.05, 4.69) is 15.3 Å². The van der Waals surface area contributed by atoms with Gasteiger partial charge in [0.15, 0.2) is 0 Å². The Morgan fingerprint density at radius 2 is 1.97 bits per heavy atom. The predicted molar refractivity (Wildman–Crippen MR) is 115 cm³/mol. The minimum absolute atomic E-state index is 0.131. The Bertz CT molecular complexity index is 1210. The first kappa shape index (κ1) is 20.0. The van der Waals surface area contributed by atoms with Crippen LogP contribution in [0.2, 0.25) is 0 Å². The van der Waals surface area contributed by atoms with E-state index in [1.807, 2.05) is 35.8 Å². The van der Waals surface area contributed by atoms with Gasteiger partial charge in [0.05, 0.1) is 5.52 Å². The summed E-state index contributed by atoms with van der Waals surface area (Å²) in [5.74, 6) is 0.295. The number of anilines is 1. The van der Waals surface area contributed by atoms with E-state index in [0.29, 0.717) is 18.1 Å². The molecule has 7 nitrogen and oxygen atoms in total. The lowest BCUT2D eigenvalue weighted by Gasteiger charge is -2.14. The molecule has 0 fully saturated rings. The molecule has 2 heterocycles. The quantitative estimate of drug-likeness (QED) is 0.363. The molecular weight excluding hydrogens is 384 g/mol. The van der Waals surface area contributed by atoms with E-state index >= 15 is 0 Å². The Balaban J connectivity index is 1.76. The summed E-state index contributed by atoms with van der Waals surface area (Å²) in [6.07, 6.45) is 1.37. The summed E-state index contributed by atoms with van der Waals surface area (Å²) < 4.78 is 15.3. The number of hydrogen-bond donors (Lipinski definition) is 4. The molecule has 0 spiro atoms. The number of nitrogens with two attached hydrogens (primary N) is 1. The molecule has 0 saturated carbocycles. The van der Waals surface area contributed by atoms with Crippen LogP contribution in [-0.4, -0.2) is 31.7 Å². The number of aromatic nitrogens is 3. The van der Waals surface area contributed by atoms with Crippen LogP contribution >= 0.6 is 0 Å². The number of aryl methyl sites for hydroxylation is 1. The summed E-state index contributed by atoms with van der Waals surface area (Å²) in [5, 5.41) is 23.5. The molecule has 0 radical (unpaired) electrons. The normalized spacial score (nSPS) is 11.1. The number of fused-ring (bicyclic) bond motifs is 1. The highest BCUT2D eigenvalue weighted by molar-refractivity contribution is 6.60. The van der Waals surface area contributed by atoms with E-state index < -0.39 is 7.12 Å². The number of nitrogens with zero attached hydrogens (tertiary/aromatic N) is 3. The van der Waals surface area contributed by atoms with Gasteiger partial charge in [-0.1, -0.05) is 24.3 Å². The maximum Gasteiger partial charge on any atom is 0.493 e. The Morgan fingerprint density at radius 1 is 1.17 bits per heavy atom. The fourth-order valence-electron chi connectivity index (χ4n) is 3.52. The first-order valence-corrected chi connectivity index (χ1v) is 9.49. The Hall–Kier alpha value is -3.27. The molecule has 9 heteroatoms. The van der Waals surface area contributed by atoms with Crippen LogP contribution in [0.4, 0.5) is 10.2 Å². The number of benzene rings is 2. The molecule has 0 saturated heterocycles. The molecule has 0 aliphatic carbocycles. The van der Waals surface area contributed by atoms with Crippen molar-refractivity contribution in [2.45, 2.75) is 20.0 Å². The molecule has 152 valence electrons. The summed E-state index contributed by atoms with van der Waals surface area (Å²) >= 11 is 0. The van der Waals surface area contributed by atoms with E-state index in [-0.39, 0.29) is 23.6 Å². The monoisotopic (exact) mass is 405 g/mol. The fourth-order valence-corrected chi connectivity index (χ4v) is 3.52. The van der Waals surface area contributed by atoms with Gasteiger partial charge in [0.2, 0.25) is 5.95 Å². The molecule has 2 aromatic carbocycles. The highest BCUT2D eigenvalue weighted by atomic mass is 19.1. The first-order chi connectivity index (χ1) is 14.5. The van der Waals surface area contributed by atoms with Gasteiger partial charge in [0.1, 0.15) is 11.6 Å². The minimum Gasteiger partial charge on any atom is -0.423 e. The SMILES string of the molecule is Cc1cc2c(CN)cccc2n1-c1ncc(B(O)O)c(NCc2cccc(F)c2)n1. The first-order valence-electron chi connectivity index (χ1n) is 9.49. The molecule has 0 aliphatic heterocycles. The zero-order valence-electron chi connectivity index (χ0n) is 16.4. The van der Waals surface area contributed by atoms with Gasteiger partial charge >= 0.3 is 7.12 Å². The molecule has 0 aliphatic rings. The van der Waals surface area contributed by atoms with Crippen molar-refractivity contribution in [1.82, 2.24) is 14.5 Å². The van der Waals surface area contributed by atoms with Gasteiger partial charge < -0.3 is 21.1 Å². The Morgan fingerprint density at radius 3 is 2.70 bits per heavy atom. The minimum atomic E-state index is -1.75. The topological polar surface area (TPSA) is 109 Å². The van der Waals surface area contributed by atoms with Crippen molar-refractivity contribution in [3.05, 3.63) is 77.4 Å². The molecule has 4 rings (SSSR count). The van der Waals surface area contributed by atoms with Crippen LogP contribution in [0.1, 0.15) is 16.8 Å². The van der Waals surface area contributed by atoms with Crippen molar-refractivity contribution in [3.8, 4) is 5.95 Å². The number of rotatable bonds is 6. The van der Waals surface area contributed by atoms with Gasteiger partial charge in [0.25, 0.3) is 0 Å². The van der Waals surface area contributed by atoms with Crippen LogP contribution in [0.25, 0.3) is 16.9 Å². The molecule has 0 amide bonds. The second kappa shape index (κ2) is 8.23. The van der Waals surface area contributed by atoms with Gasteiger partial charge in [-0.2, -0.15) is 4.98 Å². The second-order valence-electron chi connectivity index (χ2n) is 7.01.